The minimum absolute atomic E-state index is 0.178. The number of hydrogen-bond acceptors (Lipinski definition) is 3. The van der Waals surface area contributed by atoms with E-state index in [9.17, 15) is 0 Å². The van der Waals surface area contributed by atoms with Crippen molar-refractivity contribution in [3.05, 3.63) is 11.3 Å². The van der Waals surface area contributed by atoms with Gasteiger partial charge in [-0.15, -0.1) is 0 Å². The van der Waals surface area contributed by atoms with E-state index in [0.29, 0.717) is 17.7 Å². The Morgan fingerprint density at radius 2 is 1.77 bits per heavy atom. The van der Waals surface area contributed by atoms with Crippen LogP contribution in [0, 0.1) is 22.7 Å². The van der Waals surface area contributed by atoms with Crippen LogP contribution in [-0.2, 0) is 0 Å². The molecule has 0 aromatic carbocycles. The predicted octanol–water partition coefficient (Wildman–Crippen LogP) is 2.09. The quantitative estimate of drug-likeness (QED) is 0.657. The van der Waals surface area contributed by atoms with E-state index in [1.807, 2.05) is 39.8 Å². The molecule has 0 aliphatic heterocycles. The summed E-state index contributed by atoms with van der Waals surface area (Å²) in [4.78, 5) is 0. The van der Waals surface area contributed by atoms with Crippen LogP contribution in [0.3, 0.4) is 0 Å². The van der Waals surface area contributed by atoms with Crippen LogP contribution in [0.15, 0.2) is 11.3 Å². The average molecular weight is 177 g/mol. The molecular weight excluding hydrogens is 162 g/mol. The molecule has 1 N–H and O–H groups in total. The van der Waals surface area contributed by atoms with Crippen molar-refractivity contribution in [3.63, 3.8) is 0 Å². The van der Waals surface area contributed by atoms with E-state index in [4.69, 9.17) is 10.5 Å². The van der Waals surface area contributed by atoms with Crippen LogP contribution in [0.1, 0.15) is 34.1 Å². The Hall–Kier alpha value is -1.48. The molecule has 0 saturated heterocycles. The number of nitrogens with one attached hydrogen (secondary N) is 1. The van der Waals surface area contributed by atoms with E-state index < -0.39 is 0 Å². The van der Waals surface area contributed by atoms with Crippen LogP contribution in [0.4, 0.5) is 0 Å². The summed E-state index contributed by atoms with van der Waals surface area (Å²) in [6, 6.07) is 4.03. The Kier molecular flexibility index (Phi) is 4.01. The predicted molar refractivity (Wildman–Crippen MR) is 51.4 cm³/mol. The molecule has 70 valence electrons. The van der Waals surface area contributed by atoms with E-state index >= 15 is 0 Å². The van der Waals surface area contributed by atoms with Crippen LogP contribution >= 0.6 is 0 Å². The molecule has 0 aliphatic carbocycles. The minimum Gasteiger partial charge on any atom is -0.371 e. The summed E-state index contributed by atoms with van der Waals surface area (Å²) in [5, 5.41) is 20.5. The third kappa shape index (κ3) is 4.18. The van der Waals surface area contributed by atoms with Crippen molar-refractivity contribution in [1.82, 2.24) is 5.32 Å². The summed E-state index contributed by atoms with van der Waals surface area (Å²) in [6.07, 6.45) is 0.586. The zero-order valence-corrected chi connectivity index (χ0v) is 8.60. The van der Waals surface area contributed by atoms with Gasteiger partial charge in [0.25, 0.3) is 0 Å². The van der Waals surface area contributed by atoms with Gasteiger partial charge in [-0.25, -0.2) is 0 Å². The Balaban J connectivity index is 4.84. The molecule has 0 spiro atoms. The highest BCUT2D eigenvalue weighted by molar-refractivity contribution is 5.35. The van der Waals surface area contributed by atoms with Gasteiger partial charge in [0, 0.05) is 5.54 Å². The number of nitrogens with zero attached hydrogens (tertiary/aromatic N) is 2. The van der Waals surface area contributed by atoms with Crippen LogP contribution in [0.25, 0.3) is 0 Å². The van der Waals surface area contributed by atoms with E-state index in [0.717, 1.165) is 0 Å². The zero-order valence-electron chi connectivity index (χ0n) is 8.60. The molecule has 0 aromatic heterocycles. The Morgan fingerprint density at radius 3 is 2.00 bits per heavy atom. The second-order valence-electron chi connectivity index (χ2n) is 3.81. The lowest BCUT2D eigenvalue weighted by Gasteiger charge is -2.21. The molecule has 0 unspecified atom stereocenters. The van der Waals surface area contributed by atoms with Crippen molar-refractivity contribution in [2.45, 2.75) is 39.7 Å². The summed E-state index contributed by atoms with van der Waals surface area (Å²) in [7, 11) is 0. The second-order valence-corrected chi connectivity index (χ2v) is 3.81. The topological polar surface area (TPSA) is 59.6 Å². The number of allylic oxidation sites excluding steroid dienone is 2. The van der Waals surface area contributed by atoms with Crippen LogP contribution in [0.2, 0.25) is 0 Å². The maximum Gasteiger partial charge on any atom is 0.127 e. The molecule has 0 aliphatic rings. The maximum absolute atomic E-state index is 8.80. The van der Waals surface area contributed by atoms with Gasteiger partial charge in [0.05, 0.1) is 11.6 Å². The zero-order chi connectivity index (χ0) is 10.5. The van der Waals surface area contributed by atoms with Crippen LogP contribution in [0.5, 0.6) is 0 Å². The van der Waals surface area contributed by atoms with Crippen molar-refractivity contribution in [3.8, 4) is 12.1 Å². The van der Waals surface area contributed by atoms with E-state index in [1.54, 1.807) is 0 Å². The first-order valence-electron chi connectivity index (χ1n) is 4.26. The standard InChI is InChI=1S/C10H15N3/c1-5-8(6-11)9(7-12)13-10(2,3)4/h13H,5H2,1-4H3/b9-8-. The lowest BCUT2D eigenvalue weighted by molar-refractivity contribution is 0.478. The minimum atomic E-state index is -0.178. The molecule has 0 fully saturated rings. The molecule has 0 bridgehead atoms. The first-order chi connectivity index (χ1) is 5.94. The summed E-state index contributed by atoms with van der Waals surface area (Å²) < 4.78 is 0. The highest BCUT2D eigenvalue weighted by Crippen LogP contribution is 2.09. The van der Waals surface area contributed by atoms with Gasteiger partial charge >= 0.3 is 0 Å². The monoisotopic (exact) mass is 177 g/mol. The molecule has 0 atom stereocenters. The fourth-order valence-electron chi connectivity index (χ4n) is 0.858. The van der Waals surface area contributed by atoms with Gasteiger partial charge in [0.15, 0.2) is 0 Å². The van der Waals surface area contributed by atoms with Crippen molar-refractivity contribution in [2.75, 3.05) is 0 Å². The number of rotatable bonds is 2. The Bertz CT molecular complexity index is 281. The molecule has 3 heteroatoms. The van der Waals surface area contributed by atoms with Gasteiger partial charge in [0.2, 0.25) is 0 Å². The fourth-order valence-corrected chi connectivity index (χ4v) is 0.858. The van der Waals surface area contributed by atoms with Gasteiger partial charge in [-0.1, -0.05) is 6.92 Å². The summed E-state index contributed by atoms with van der Waals surface area (Å²) in [5.41, 5.74) is 0.720. The molecule has 0 heterocycles. The van der Waals surface area contributed by atoms with Gasteiger partial charge < -0.3 is 5.32 Å². The maximum atomic E-state index is 8.80. The smallest absolute Gasteiger partial charge is 0.127 e. The first kappa shape index (κ1) is 11.5. The number of nitriles is 2. The lowest BCUT2D eigenvalue weighted by Crippen LogP contribution is -2.35. The second kappa shape index (κ2) is 4.52. The van der Waals surface area contributed by atoms with E-state index in [2.05, 4.69) is 5.32 Å². The fraction of sp³-hybridized carbons (Fsp3) is 0.600. The molecule has 3 nitrogen and oxygen atoms in total. The average Bonchev–Trinajstić information content (AvgIpc) is 2.02. The van der Waals surface area contributed by atoms with Gasteiger partial charge in [0.1, 0.15) is 11.8 Å². The highest BCUT2D eigenvalue weighted by Gasteiger charge is 2.13. The number of hydrogen-bond donors (Lipinski definition) is 1. The lowest BCUT2D eigenvalue weighted by atomic mass is 10.1. The molecule has 0 radical (unpaired) electrons. The van der Waals surface area contributed by atoms with E-state index in [-0.39, 0.29) is 5.54 Å². The molecule has 13 heavy (non-hydrogen) atoms. The highest BCUT2D eigenvalue weighted by atomic mass is 15.0. The molecular formula is C10H15N3. The molecule has 0 amide bonds. The molecule has 0 saturated carbocycles. The summed E-state index contributed by atoms with van der Waals surface area (Å²) >= 11 is 0. The SMILES string of the molecule is CC/C(C#N)=C(\C#N)NC(C)(C)C. The van der Waals surface area contributed by atoms with Crippen LogP contribution < -0.4 is 5.32 Å². The van der Waals surface area contributed by atoms with Crippen molar-refractivity contribution < 1.29 is 0 Å². The van der Waals surface area contributed by atoms with Crippen molar-refractivity contribution >= 4 is 0 Å². The van der Waals surface area contributed by atoms with Gasteiger partial charge in [-0.3, -0.25) is 0 Å². The van der Waals surface area contributed by atoms with Crippen molar-refractivity contribution in [1.29, 1.82) is 10.5 Å². The van der Waals surface area contributed by atoms with Crippen LogP contribution in [-0.4, -0.2) is 5.54 Å². The summed E-state index contributed by atoms with van der Waals surface area (Å²) in [5.74, 6) is 0. The third-order valence-electron chi connectivity index (χ3n) is 1.40. The largest absolute Gasteiger partial charge is 0.371 e. The summed E-state index contributed by atoms with van der Waals surface area (Å²) in [6.45, 7) is 7.72. The van der Waals surface area contributed by atoms with Gasteiger partial charge in [-0.2, -0.15) is 10.5 Å². The third-order valence-corrected chi connectivity index (χ3v) is 1.40. The van der Waals surface area contributed by atoms with Crippen molar-refractivity contribution in [2.24, 2.45) is 0 Å². The van der Waals surface area contributed by atoms with E-state index in [1.165, 1.54) is 0 Å². The normalized spacial score (nSPS) is 12.5. The Morgan fingerprint density at radius 1 is 1.23 bits per heavy atom. The first-order valence-corrected chi connectivity index (χ1v) is 4.26. The molecule has 0 rings (SSSR count). The molecule has 0 aromatic rings. The Labute approximate surface area is 79.7 Å². The van der Waals surface area contributed by atoms with Gasteiger partial charge in [-0.05, 0) is 27.2 Å².